The molecule has 1 amide bonds. The molecule has 1 aromatic heterocycles. The van der Waals surface area contributed by atoms with Crippen molar-refractivity contribution < 1.29 is 9.21 Å². The number of furan rings is 1. The van der Waals surface area contributed by atoms with Gasteiger partial charge >= 0.3 is 0 Å². The van der Waals surface area contributed by atoms with Crippen LogP contribution in [0.1, 0.15) is 27.2 Å². The second kappa shape index (κ2) is 5.36. The molecule has 0 saturated heterocycles. The van der Waals surface area contributed by atoms with Crippen molar-refractivity contribution in [2.75, 3.05) is 0 Å². The Morgan fingerprint density at radius 3 is 2.72 bits per heavy atom. The summed E-state index contributed by atoms with van der Waals surface area (Å²) >= 11 is 0. The molecule has 0 aliphatic carbocycles. The quantitative estimate of drug-likeness (QED) is 0.895. The highest BCUT2D eigenvalue weighted by atomic mass is 16.3. The molecule has 1 aromatic carbocycles. The summed E-state index contributed by atoms with van der Waals surface area (Å²) in [6.07, 6.45) is 4.95. The Morgan fingerprint density at radius 2 is 2.06 bits per heavy atom. The number of hydrogen-bond donors (Lipinski definition) is 1. The highest BCUT2D eigenvalue weighted by molar-refractivity contribution is 5.92. The van der Waals surface area contributed by atoms with Gasteiger partial charge in [-0.05, 0) is 48.7 Å². The van der Waals surface area contributed by atoms with Gasteiger partial charge in [-0.3, -0.25) is 4.79 Å². The van der Waals surface area contributed by atoms with Crippen molar-refractivity contribution in [3.63, 3.8) is 0 Å². The normalized spacial score (nSPS) is 10.8. The number of nitrogens with one attached hydrogen (secondary N) is 1. The first-order chi connectivity index (χ1) is 8.66. The van der Waals surface area contributed by atoms with Crippen LogP contribution in [-0.2, 0) is 0 Å². The van der Waals surface area contributed by atoms with Crippen LogP contribution in [-0.4, -0.2) is 5.91 Å². The van der Waals surface area contributed by atoms with Crippen LogP contribution in [0.15, 0.2) is 47.2 Å². The number of aryl methyl sites for hydroxylation is 2. The Balaban J connectivity index is 1.99. The summed E-state index contributed by atoms with van der Waals surface area (Å²) in [4.78, 5) is 11.6. The number of carbonyl (C=O) groups is 1. The molecule has 0 spiro atoms. The van der Waals surface area contributed by atoms with E-state index in [2.05, 4.69) is 31.3 Å². The molecule has 0 atom stereocenters. The van der Waals surface area contributed by atoms with Gasteiger partial charge in [-0.2, -0.15) is 0 Å². The fourth-order valence-electron chi connectivity index (χ4n) is 1.56. The Morgan fingerprint density at radius 1 is 1.22 bits per heavy atom. The molecule has 0 aliphatic rings. The summed E-state index contributed by atoms with van der Waals surface area (Å²) in [7, 11) is 0. The number of amides is 1. The zero-order valence-electron chi connectivity index (χ0n) is 10.4. The average molecular weight is 241 g/mol. The van der Waals surface area contributed by atoms with Crippen molar-refractivity contribution in [3.8, 4) is 0 Å². The second-order valence-electron chi connectivity index (χ2n) is 4.13. The molecular formula is C15H15NO2. The van der Waals surface area contributed by atoms with Crippen LogP contribution in [0.4, 0.5) is 0 Å². The first kappa shape index (κ1) is 12.2. The zero-order valence-corrected chi connectivity index (χ0v) is 10.4. The highest BCUT2D eigenvalue weighted by Crippen LogP contribution is 2.10. The maximum atomic E-state index is 11.6. The molecule has 1 N–H and O–H groups in total. The third-order valence-electron chi connectivity index (χ3n) is 2.77. The van der Waals surface area contributed by atoms with Gasteiger partial charge in [-0.25, -0.2) is 0 Å². The lowest BCUT2D eigenvalue weighted by atomic mass is 10.1. The van der Waals surface area contributed by atoms with Crippen molar-refractivity contribution in [2.24, 2.45) is 0 Å². The Bertz CT molecular complexity index is 568. The zero-order chi connectivity index (χ0) is 13.0. The van der Waals surface area contributed by atoms with Gasteiger partial charge in [0.1, 0.15) is 0 Å². The maximum absolute atomic E-state index is 11.6. The highest BCUT2D eigenvalue weighted by Gasteiger charge is 2.04. The molecule has 3 heteroatoms. The van der Waals surface area contributed by atoms with Gasteiger partial charge in [-0.15, -0.1) is 0 Å². The predicted octanol–water partition coefficient (Wildman–Crippen LogP) is 3.30. The van der Waals surface area contributed by atoms with E-state index in [1.54, 1.807) is 18.3 Å². The van der Waals surface area contributed by atoms with Gasteiger partial charge in [0.25, 0.3) is 5.91 Å². The van der Waals surface area contributed by atoms with Crippen molar-refractivity contribution in [1.29, 1.82) is 0 Å². The van der Waals surface area contributed by atoms with Gasteiger partial charge < -0.3 is 9.73 Å². The molecule has 0 unspecified atom stereocenters. The Labute approximate surface area is 106 Å². The van der Waals surface area contributed by atoms with Crippen molar-refractivity contribution in [2.45, 2.75) is 13.8 Å². The van der Waals surface area contributed by atoms with E-state index >= 15 is 0 Å². The van der Waals surface area contributed by atoms with Gasteiger partial charge in [0.2, 0.25) is 0 Å². The molecular weight excluding hydrogens is 226 g/mol. The van der Waals surface area contributed by atoms with Crippen LogP contribution in [0.5, 0.6) is 0 Å². The van der Waals surface area contributed by atoms with Crippen LogP contribution in [0.3, 0.4) is 0 Å². The van der Waals surface area contributed by atoms with Gasteiger partial charge in [0, 0.05) is 6.20 Å². The fraction of sp³-hybridized carbons (Fsp3) is 0.133. The smallest absolute Gasteiger partial charge is 0.290 e. The summed E-state index contributed by atoms with van der Waals surface area (Å²) in [5.74, 6) is 0.0554. The largest absolute Gasteiger partial charge is 0.459 e. The summed E-state index contributed by atoms with van der Waals surface area (Å²) < 4.78 is 4.99. The van der Waals surface area contributed by atoms with E-state index in [1.807, 2.05) is 12.1 Å². The lowest BCUT2D eigenvalue weighted by molar-refractivity contribution is 0.0943. The SMILES string of the molecule is Cc1ccc(C=CNC(=O)c2ccco2)cc1C. The van der Waals surface area contributed by atoms with E-state index in [1.165, 1.54) is 17.4 Å². The molecule has 2 rings (SSSR count). The lowest BCUT2D eigenvalue weighted by Crippen LogP contribution is -2.15. The van der Waals surface area contributed by atoms with E-state index in [4.69, 9.17) is 4.42 Å². The third kappa shape index (κ3) is 2.88. The average Bonchev–Trinajstić information content (AvgIpc) is 2.87. The summed E-state index contributed by atoms with van der Waals surface area (Å²) in [5, 5.41) is 2.65. The van der Waals surface area contributed by atoms with Crippen molar-refractivity contribution in [1.82, 2.24) is 5.32 Å². The van der Waals surface area contributed by atoms with Gasteiger partial charge in [-0.1, -0.05) is 18.2 Å². The van der Waals surface area contributed by atoms with E-state index in [-0.39, 0.29) is 5.91 Å². The molecule has 0 saturated carbocycles. The van der Waals surface area contributed by atoms with Crippen LogP contribution in [0, 0.1) is 13.8 Å². The van der Waals surface area contributed by atoms with Crippen LogP contribution < -0.4 is 5.32 Å². The molecule has 3 nitrogen and oxygen atoms in total. The number of carbonyl (C=O) groups excluding carboxylic acids is 1. The second-order valence-corrected chi connectivity index (χ2v) is 4.13. The standard InChI is InChI=1S/C15H15NO2/c1-11-5-6-13(10-12(11)2)7-8-16-15(17)14-4-3-9-18-14/h3-10H,1-2H3,(H,16,17). The summed E-state index contributed by atoms with van der Waals surface area (Å²) in [5.41, 5.74) is 3.54. The molecule has 18 heavy (non-hydrogen) atoms. The minimum absolute atomic E-state index is 0.250. The molecule has 0 radical (unpaired) electrons. The van der Waals surface area contributed by atoms with Gasteiger partial charge in [0.15, 0.2) is 5.76 Å². The maximum Gasteiger partial charge on any atom is 0.290 e. The molecule has 0 aliphatic heterocycles. The summed E-state index contributed by atoms with van der Waals surface area (Å²) in [6.45, 7) is 4.13. The van der Waals surface area contributed by atoms with E-state index in [0.717, 1.165) is 5.56 Å². The number of rotatable bonds is 3. The fourth-order valence-corrected chi connectivity index (χ4v) is 1.56. The van der Waals surface area contributed by atoms with Crippen LogP contribution in [0.25, 0.3) is 6.08 Å². The first-order valence-corrected chi connectivity index (χ1v) is 5.75. The molecule has 0 bridgehead atoms. The van der Waals surface area contributed by atoms with Crippen molar-refractivity contribution in [3.05, 3.63) is 65.2 Å². The van der Waals surface area contributed by atoms with Crippen LogP contribution in [0.2, 0.25) is 0 Å². The molecule has 1 heterocycles. The topological polar surface area (TPSA) is 42.2 Å². The summed E-state index contributed by atoms with van der Waals surface area (Å²) in [6, 6.07) is 9.45. The minimum atomic E-state index is -0.250. The monoisotopic (exact) mass is 241 g/mol. The predicted molar refractivity (Wildman–Crippen MR) is 71.1 cm³/mol. The lowest BCUT2D eigenvalue weighted by Gasteiger charge is -2.01. The van der Waals surface area contributed by atoms with Crippen molar-refractivity contribution >= 4 is 12.0 Å². The first-order valence-electron chi connectivity index (χ1n) is 5.75. The Hall–Kier alpha value is -2.29. The van der Waals surface area contributed by atoms with E-state index in [9.17, 15) is 4.79 Å². The Kier molecular flexibility index (Phi) is 3.63. The van der Waals surface area contributed by atoms with Crippen LogP contribution >= 0.6 is 0 Å². The number of hydrogen-bond acceptors (Lipinski definition) is 2. The van der Waals surface area contributed by atoms with Gasteiger partial charge in [0.05, 0.1) is 6.26 Å². The molecule has 2 aromatic rings. The molecule has 0 fully saturated rings. The van der Waals surface area contributed by atoms with E-state index in [0.29, 0.717) is 5.76 Å². The third-order valence-corrected chi connectivity index (χ3v) is 2.77. The van der Waals surface area contributed by atoms with E-state index < -0.39 is 0 Å². The minimum Gasteiger partial charge on any atom is -0.459 e. The molecule has 92 valence electrons. The number of benzene rings is 1.